The first-order valence-electron chi connectivity index (χ1n) is 12.8. The van der Waals surface area contributed by atoms with Gasteiger partial charge in [0.05, 0.1) is 0 Å². The summed E-state index contributed by atoms with van der Waals surface area (Å²) in [4.78, 5) is 53.7. The normalized spacial score (nSPS) is 13.1. The summed E-state index contributed by atoms with van der Waals surface area (Å²) in [6.45, 7) is 12.2. The van der Waals surface area contributed by atoms with Crippen LogP contribution in [0.15, 0.2) is 48.5 Å². The number of phenols is 1. The summed E-state index contributed by atoms with van der Waals surface area (Å²) in [6.07, 6.45) is -1.12. The van der Waals surface area contributed by atoms with Gasteiger partial charge in [0, 0.05) is 17.6 Å². The number of phenolic OH excluding ortho intramolecular Hbond substituents is 1. The number of benzene rings is 2. The van der Waals surface area contributed by atoms with Crippen molar-refractivity contribution >= 4 is 29.5 Å². The molecular weight excluding hydrogens is 500 g/mol. The predicted octanol–water partition coefficient (Wildman–Crippen LogP) is 4.17. The number of aromatic hydroxyl groups is 1. The Labute approximate surface area is 229 Å². The van der Waals surface area contributed by atoms with Gasteiger partial charge in [0.15, 0.2) is 0 Å². The molecule has 10 nitrogen and oxygen atoms in total. The summed E-state index contributed by atoms with van der Waals surface area (Å²) in [5, 5.41) is 15.3. The van der Waals surface area contributed by atoms with Crippen molar-refractivity contribution in [2.24, 2.45) is 5.73 Å². The van der Waals surface area contributed by atoms with Crippen molar-refractivity contribution in [2.75, 3.05) is 5.32 Å². The number of carbonyl (C=O) groups is 4. The topological polar surface area (TPSA) is 151 Å². The number of hydrogen-bond donors (Lipinski definition) is 4. The second-order valence-electron chi connectivity index (χ2n) is 11.4. The number of para-hydroxylation sites is 1. The van der Waals surface area contributed by atoms with E-state index in [4.69, 9.17) is 10.5 Å². The summed E-state index contributed by atoms with van der Waals surface area (Å²) in [5.41, 5.74) is 5.44. The molecule has 0 aliphatic heterocycles. The van der Waals surface area contributed by atoms with E-state index in [1.807, 2.05) is 19.1 Å². The highest BCUT2D eigenvalue weighted by atomic mass is 16.6. The average molecular weight is 541 g/mol. The van der Waals surface area contributed by atoms with Gasteiger partial charge in [-0.2, -0.15) is 0 Å². The van der Waals surface area contributed by atoms with E-state index in [9.17, 15) is 24.3 Å². The first-order chi connectivity index (χ1) is 18.0. The smallest absolute Gasteiger partial charge is 0.408 e. The zero-order valence-corrected chi connectivity index (χ0v) is 23.7. The van der Waals surface area contributed by atoms with Crippen LogP contribution >= 0.6 is 0 Å². The van der Waals surface area contributed by atoms with Crippen molar-refractivity contribution in [3.63, 3.8) is 0 Å². The van der Waals surface area contributed by atoms with Gasteiger partial charge in [-0.1, -0.05) is 30.3 Å². The van der Waals surface area contributed by atoms with E-state index in [0.717, 1.165) is 5.56 Å². The molecule has 0 aliphatic rings. The van der Waals surface area contributed by atoms with E-state index in [2.05, 4.69) is 10.6 Å². The Morgan fingerprint density at radius 2 is 1.56 bits per heavy atom. The van der Waals surface area contributed by atoms with Crippen molar-refractivity contribution in [1.82, 2.24) is 10.2 Å². The molecule has 0 radical (unpaired) electrons. The Morgan fingerprint density at radius 3 is 2.08 bits per heavy atom. The van der Waals surface area contributed by atoms with Crippen molar-refractivity contribution in [3.05, 3.63) is 59.7 Å². The van der Waals surface area contributed by atoms with Crippen LogP contribution in [0.3, 0.4) is 0 Å². The highest BCUT2D eigenvalue weighted by Gasteiger charge is 2.42. The Balaban J connectivity index is 2.59. The number of nitrogens with one attached hydrogen (secondary N) is 2. The quantitative estimate of drug-likeness (QED) is 0.375. The van der Waals surface area contributed by atoms with E-state index in [0.29, 0.717) is 11.3 Å². The second-order valence-corrected chi connectivity index (χ2v) is 11.4. The Hall–Kier alpha value is -4.08. The van der Waals surface area contributed by atoms with Gasteiger partial charge in [0.1, 0.15) is 23.4 Å². The number of aryl methyl sites for hydroxylation is 1. The van der Waals surface area contributed by atoms with Gasteiger partial charge in [-0.25, -0.2) is 4.79 Å². The molecule has 2 rings (SSSR count). The van der Waals surface area contributed by atoms with Crippen LogP contribution in [0.25, 0.3) is 0 Å². The van der Waals surface area contributed by atoms with Crippen molar-refractivity contribution in [3.8, 4) is 5.75 Å². The highest BCUT2D eigenvalue weighted by Crippen LogP contribution is 2.32. The summed E-state index contributed by atoms with van der Waals surface area (Å²) < 4.78 is 5.34. The number of hydrogen-bond acceptors (Lipinski definition) is 6. The monoisotopic (exact) mass is 540 g/mol. The number of ether oxygens (including phenoxy) is 1. The van der Waals surface area contributed by atoms with Crippen LogP contribution in [-0.4, -0.2) is 51.0 Å². The lowest BCUT2D eigenvalue weighted by atomic mass is 9.94. The number of amides is 4. The van der Waals surface area contributed by atoms with Crippen molar-refractivity contribution in [1.29, 1.82) is 0 Å². The van der Waals surface area contributed by atoms with Gasteiger partial charge in [0.2, 0.25) is 11.8 Å². The zero-order chi connectivity index (χ0) is 29.5. The van der Waals surface area contributed by atoms with E-state index in [1.54, 1.807) is 65.8 Å². The fourth-order valence-electron chi connectivity index (χ4n) is 4.00. The molecule has 0 saturated heterocycles. The fourth-order valence-corrected chi connectivity index (χ4v) is 4.00. The van der Waals surface area contributed by atoms with Gasteiger partial charge in [0.25, 0.3) is 5.91 Å². The third-order valence-electron chi connectivity index (χ3n) is 5.75. The molecule has 0 aliphatic carbocycles. The minimum absolute atomic E-state index is 0.00336. The van der Waals surface area contributed by atoms with Crippen LogP contribution in [0.2, 0.25) is 0 Å². The molecule has 10 heteroatoms. The standard InChI is InChI=1S/C29H40N4O6/c1-18-10-8-9-11-21(18)31-25(36)24(19-12-14-20(34)15-13-19)33(28(2,3)4)26(37)22(16-17-23(30)35)32-27(38)39-29(5,6)7/h8-15,22,24,34H,16-17H2,1-7H3,(H2,30,35)(H,31,36)(H,32,38). The van der Waals surface area contributed by atoms with Crippen LogP contribution in [0.4, 0.5) is 10.5 Å². The predicted molar refractivity (Wildman–Crippen MR) is 149 cm³/mol. The molecule has 39 heavy (non-hydrogen) atoms. The molecular formula is C29H40N4O6. The molecule has 2 aromatic rings. The van der Waals surface area contributed by atoms with Crippen LogP contribution < -0.4 is 16.4 Å². The van der Waals surface area contributed by atoms with Crippen LogP contribution in [0, 0.1) is 6.92 Å². The lowest BCUT2D eigenvalue weighted by Gasteiger charge is -2.43. The number of alkyl carbamates (subject to hydrolysis) is 1. The van der Waals surface area contributed by atoms with E-state index in [-0.39, 0.29) is 18.6 Å². The fraction of sp³-hybridized carbons (Fsp3) is 0.448. The van der Waals surface area contributed by atoms with E-state index >= 15 is 0 Å². The summed E-state index contributed by atoms with van der Waals surface area (Å²) in [7, 11) is 0. The Morgan fingerprint density at radius 1 is 0.974 bits per heavy atom. The van der Waals surface area contributed by atoms with Crippen molar-refractivity contribution in [2.45, 2.75) is 84.5 Å². The molecule has 2 atom stereocenters. The third-order valence-corrected chi connectivity index (χ3v) is 5.75. The number of nitrogens with two attached hydrogens (primary N) is 1. The van der Waals surface area contributed by atoms with E-state index in [1.165, 1.54) is 17.0 Å². The second kappa shape index (κ2) is 12.6. The lowest BCUT2D eigenvalue weighted by Crippen LogP contribution is -2.58. The molecule has 0 bridgehead atoms. The molecule has 5 N–H and O–H groups in total. The van der Waals surface area contributed by atoms with Gasteiger partial charge >= 0.3 is 6.09 Å². The molecule has 0 spiro atoms. The lowest BCUT2D eigenvalue weighted by molar-refractivity contribution is -0.147. The van der Waals surface area contributed by atoms with E-state index < -0.39 is 47.0 Å². The molecule has 0 aromatic heterocycles. The number of anilines is 1. The maximum Gasteiger partial charge on any atom is 0.408 e. The van der Waals surface area contributed by atoms with Crippen LogP contribution in [0.5, 0.6) is 5.75 Å². The summed E-state index contributed by atoms with van der Waals surface area (Å²) >= 11 is 0. The highest BCUT2D eigenvalue weighted by molar-refractivity contribution is 5.99. The molecule has 2 unspecified atom stereocenters. The minimum atomic E-state index is -1.21. The average Bonchev–Trinajstić information content (AvgIpc) is 2.79. The SMILES string of the molecule is Cc1ccccc1NC(=O)C(c1ccc(O)cc1)N(C(=O)C(CCC(N)=O)NC(=O)OC(C)(C)C)C(C)(C)C. The number of nitrogens with zero attached hydrogens (tertiary/aromatic N) is 1. The maximum absolute atomic E-state index is 14.2. The zero-order valence-electron chi connectivity index (χ0n) is 23.7. The molecule has 212 valence electrons. The van der Waals surface area contributed by atoms with Gasteiger partial charge in [-0.15, -0.1) is 0 Å². The first-order valence-corrected chi connectivity index (χ1v) is 12.8. The maximum atomic E-state index is 14.2. The minimum Gasteiger partial charge on any atom is -0.508 e. The number of rotatable bonds is 9. The number of carbonyl (C=O) groups excluding carboxylic acids is 4. The van der Waals surface area contributed by atoms with Crippen molar-refractivity contribution < 1.29 is 29.0 Å². The van der Waals surface area contributed by atoms with Gasteiger partial charge < -0.3 is 31.1 Å². The largest absolute Gasteiger partial charge is 0.508 e. The summed E-state index contributed by atoms with van der Waals surface area (Å²) in [6, 6.07) is 10.8. The molecule has 0 saturated carbocycles. The molecule has 4 amide bonds. The van der Waals surface area contributed by atoms with Crippen LogP contribution in [-0.2, 0) is 19.1 Å². The number of primary amides is 1. The summed E-state index contributed by atoms with van der Waals surface area (Å²) in [5.74, 6) is -1.75. The Kier molecular flexibility index (Phi) is 10.1. The van der Waals surface area contributed by atoms with Crippen LogP contribution in [0.1, 0.15) is 71.6 Å². The first kappa shape index (κ1) is 31.1. The third kappa shape index (κ3) is 9.31. The van der Waals surface area contributed by atoms with Gasteiger partial charge in [-0.3, -0.25) is 14.4 Å². The Bertz CT molecular complexity index is 1180. The van der Waals surface area contributed by atoms with Gasteiger partial charge in [-0.05, 0) is 84.2 Å². The molecule has 0 heterocycles. The molecule has 2 aromatic carbocycles. The molecule has 0 fully saturated rings.